The Morgan fingerprint density at radius 1 is 1.26 bits per heavy atom. The van der Waals surface area contributed by atoms with Crippen molar-refractivity contribution in [1.82, 2.24) is 0 Å². The van der Waals surface area contributed by atoms with Gasteiger partial charge >= 0.3 is 0 Å². The summed E-state index contributed by atoms with van der Waals surface area (Å²) in [5, 5.41) is 0. The normalized spacial score (nSPS) is 35.3. The maximum Gasteiger partial charge on any atom is 0.147 e. The minimum Gasteiger partial charge on any atom is -0.356 e. The standard InChI is InChI=1S/C23H42O3Si/c1-9-17(4)18-13-23(5)14-21(26-15-25-10-11-27(6,7)8)22(16(2)3)19(23)12-20(18)24/h9,16-19,21-22H,1,10-15H2,2-8H3/t17-,18+,19?,21+,22+,23-/m1/s1. The van der Waals surface area contributed by atoms with Crippen LogP contribution in [0.5, 0.6) is 0 Å². The summed E-state index contributed by atoms with van der Waals surface area (Å²) in [6, 6.07) is 1.17. The fraction of sp³-hybridized carbons (Fsp3) is 0.870. The van der Waals surface area contributed by atoms with Gasteiger partial charge in [0.05, 0.1) is 6.10 Å². The molecule has 0 N–H and O–H groups in total. The summed E-state index contributed by atoms with van der Waals surface area (Å²) in [5.74, 6) is 2.22. The molecule has 2 rings (SSSR count). The number of ether oxygens (including phenoxy) is 2. The second kappa shape index (κ2) is 8.92. The van der Waals surface area contributed by atoms with Crippen molar-refractivity contribution in [2.75, 3.05) is 13.4 Å². The number of carbonyl (C=O) groups excluding carboxylic acids is 1. The predicted octanol–water partition coefficient (Wildman–Crippen LogP) is 5.78. The van der Waals surface area contributed by atoms with E-state index in [1.54, 1.807) is 0 Å². The Morgan fingerprint density at radius 3 is 2.48 bits per heavy atom. The van der Waals surface area contributed by atoms with Crippen LogP contribution in [-0.4, -0.2) is 33.4 Å². The zero-order valence-electron chi connectivity index (χ0n) is 18.7. The van der Waals surface area contributed by atoms with Crippen LogP contribution in [0.15, 0.2) is 12.7 Å². The molecule has 2 aliphatic carbocycles. The second-order valence-electron chi connectivity index (χ2n) is 10.9. The van der Waals surface area contributed by atoms with Crippen LogP contribution in [-0.2, 0) is 14.3 Å². The maximum atomic E-state index is 12.8. The van der Waals surface area contributed by atoms with Crippen molar-refractivity contribution in [2.45, 2.75) is 78.7 Å². The molecule has 2 fully saturated rings. The molecule has 0 saturated heterocycles. The number of Topliss-reactive ketones (excluding diaryl/α,β-unsaturated/α-hetero) is 1. The number of rotatable bonds is 9. The average Bonchev–Trinajstić information content (AvgIpc) is 2.84. The highest BCUT2D eigenvalue weighted by atomic mass is 28.3. The molecule has 4 heteroatoms. The maximum absolute atomic E-state index is 12.8. The lowest BCUT2D eigenvalue weighted by atomic mass is 9.60. The first-order valence-corrected chi connectivity index (χ1v) is 14.5. The van der Waals surface area contributed by atoms with Gasteiger partial charge in [-0.25, -0.2) is 0 Å². The summed E-state index contributed by atoms with van der Waals surface area (Å²) in [5.41, 5.74) is 0.188. The third kappa shape index (κ3) is 5.54. The molecule has 0 radical (unpaired) electrons. The monoisotopic (exact) mass is 394 g/mol. The van der Waals surface area contributed by atoms with Gasteiger partial charge in [0.15, 0.2) is 0 Å². The topological polar surface area (TPSA) is 35.5 Å². The summed E-state index contributed by atoms with van der Waals surface area (Å²) < 4.78 is 12.1. The number of allylic oxidation sites excluding steroid dienone is 1. The van der Waals surface area contributed by atoms with Gasteiger partial charge in [-0.05, 0) is 48.0 Å². The van der Waals surface area contributed by atoms with Gasteiger partial charge in [-0.2, -0.15) is 0 Å². The van der Waals surface area contributed by atoms with Gasteiger partial charge < -0.3 is 9.47 Å². The van der Waals surface area contributed by atoms with E-state index >= 15 is 0 Å². The van der Waals surface area contributed by atoms with Crippen LogP contribution in [0.25, 0.3) is 0 Å². The van der Waals surface area contributed by atoms with E-state index < -0.39 is 8.07 Å². The summed E-state index contributed by atoms with van der Waals surface area (Å²) in [6.07, 6.45) is 4.88. The number of fused-ring (bicyclic) bond motifs is 1. The minimum atomic E-state index is -1.06. The Hall–Kier alpha value is -0.453. The van der Waals surface area contributed by atoms with Crippen molar-refractivity contribution < 1.29 is 14.3 Å². The highest BCUT2D eigenvalue weighted by Crippen LogP contribution is 2.58. The predicted molar refractivity (Wildman–Crippen MR) is 115 cm³/mol. The summed E-state index contributed by atoms with van der Waals surface area (Å²) in [4.78, 5) is 12.8. The van der Waals surface area contributed by atoms with Crippen LogP contribution in [0.2, 0.25) is 25.7 Å². The van der Waals surface area contributed by atoms with E-state index in [0.29, 0.717) is 36.8 Å². The molecule has 0 aromatic carbocycles. The molecule has 6 atom stereocenters. The molecule has 0 spiro atoms. The van der Waals surface area contributed by atoms with Crippen LogP contribution < -0.4 is 0 Å². The van der Waals surface area contributed by atoms with Crippen LogP contribution in [0, 0.1) is 35.0 Å². The highest BCUT2D eigenvalue weighted by molar-refractivity contribution is 6.76. The van der Waals surface area contributed by atoms with Gasteiger partial charge in [0.1, 0.15) is 12.6 Å². The molecule has 0 heterocycles. The lowest BCUT2D eigenvalue weighted by molar-refractivity contribution is -0.132. The van der Waals surface area contributed by atoms with Crippen molar-refractivity contribution in [2.24, 2.45) is 35.0 Å². The SMILES string of the molecule is C=C[C@@H](C)[C@@H]1C[C@]2(C)C[C@H](OCOCC[Si](C)(C)C)[C@@H](C(C)C)C2CC1=O. The molecule has 2 aliphatic rings. The zero-order valence-corrected chi connectivity index (χ0v) is 19.7. The molecular formula is C23H42O3Si. The van der Waals surface area contributed by atoms with Crippen molar-refractivity contribution in [3.05, 3.63) is 12.7 Å². The smallest absolute Gasteiger partial charge is 0.147 e. The summed E-state index contributed by atoms with van der Waals surface area (Å²) >= 11 is 0. The first kappa shape index (κ1) is 22.8. The van der Waals surface area contributed by atoms with Gasteiger partial charge in [0.25, 0.3) is 0 Å². The van der Waals surface area contributed by atoms with Crippen molar-refractivity contribution >= 4 is 13.9 Å². The van der Waals surface area contributed by atoms with Crippen LogP contribution in [0.1, 0.15) is 47.0 Å². The molecule has 0 aromatic heterocycles. The van der Waals surface area contributed by atoms with E-state index in [2.05, 4.69) is 53.9 Å². The molecule has 1 unspecified atom stereocenters. The van der Waals surface area contributed by atoms with E-state index in [9.17, 15) is 4.79 Å². The van der Waals surface area contributed by atoms with Crippen LogP contribution in [0.3, 0.4) is 0 Å². The molecule has 27 heavy (non-hydrogen) atoms. The van der Waals surface area contributed by atoms with E-state index in [0.717, 1.165) is 19.4 Å². The molecule has 0 aliphatic heterocycles. The molecule has 0 bridgehead atoms. The molecule has 2 saturated carbocycles. The molecular weight excluding hydrogens is 352 g/mol. The first-order valence-electron chi connectivity index (χ1n) is 10.8. The Morgan fingerprint density at radius 2 is 1.93 bits per heavy atom. The van der Waals surface area contributed by atoms with E-state index in [1.165, 1.54) is 6.04 Å². The lowest BCUT2D eigenvalue weighted by Crippen LogP contribution is -2.41. The average molecular weight is 395 g/mol. The van der Waals surface area contributed by atoms with E-state index in [-0.39, 0.29) is 23.4 Å². The quantitative estimate of drug-likeness (QED) is 0.215. The van der Waals surface area contributed by atoms with Gasteiger partial charge in [-0.1, -0.05) is 53.4 Å². The number of hydrogen-bond acceptors (Lipinski definition) is 3. The molecule has 3 nitrogen and oxygen atoms in total. The van der Waals surface area contributed by atoms with Crippen molar-refractivity contribution in [3.8, 4) is 0 Å². The number of hydrogen-bond donors (Lipinski definition) is 0. The van der Waals surface area contributed by atoms with Crippen LogP contribution >= 0.6 is 0 Å². The highest BCUT2D eigenvalue weighted by Gasteiger charge is 2.56. The Labute approximate surface area is 168 Å². The summed E-state index contributed by atoms with van der Waals surface area (Å²) in [6.45, 7) is 21.3. The van der Waals surface area contributed by atoms with E-state index in [4.69, 9.17) is 9.47 Å². The Bertz CT molecular complexity index is 524. The third-order valence-electron chi connectivity index (χ3n) is 7.12. The largest absolute Gasteiger partial charge is 0.356 e. The molecule has 0 aromatic rings. The third-order valence-corrected chi connectivity index (χ3v) is 8.82. The number of ketones is 1. The van der Waals surface area contributed by atoms with Gasteiger partial charge in [-0.15, -0.1) is 6.58 Å². The van der Waals surface area contributed by atoms with Crippen LogP contribution in [0.4, 0.5) is 0 Å². The Balaban J connectivity index is 2.01. The van der Waals surface area contributed by atoms with Gasteiger partial charge in [0.2, 0.25) is 0 Å². The zero-order chi connectivity index (χ0) is 20.4. The second-order valence-corrected chi connectivity index (χ2v) is 16.5. The van der Waals surface area contributed by atoms with Crippen molar-refractivity contribution in [1.29, 1.82) is 0 Å². The van der Waals surface area contributed by atoms with E-state index in [1.807, 2.05) is 6.08 Å². The fourth-order valence-electron chi connectivity index (χ4n) is 5.35. The van der Waals surface area contributed by atoms with Gasteiger partial charge in [-0.3, -0.25) is 4.79 Å². The van der Waals surface area contributed by atoms with Crippen molar-refractivity contribution in [3.63, 3.8) is 0 Å². The lowest BCUT2D eigenvalue weighted by Gasteiger charge is -2.43. The Kier molecular flexibility index (Phi) is 7.54. The number of carbonyl (C=O) groups is 1. The molecule has 156 valence electrons. The fourth-order valence-corrected chi connectivity index (χ4v) is 6.11. The summed E-state index contributed by atoms with van der Waals surface area (Å²) in [7, 11) is -1.06. The minimum absolute atomic E-state index is 0.128. The van der Waals surface area contributed by atoms with Gasteiger partial charge in [0, 0.05) is 27.0 Å². The first-order chi connectivity index (χ1) is 12.5. The molecule has 0 amide bonds.